The van der Waals surface area contributed by atoms with Crippen LogP contribution in [0.15, 0.2) is 37.1 Å². The number of hydrogen-bond acceptors (Lipinski definition) is 4. The van der Waals surface area contributed by atoms with Crippen molar-refractivity contribution in [3.63, 3.8) is 0 Å². The first-order chi connectivity index (χ1) is 9.74. The van der Waals surface area contributed by atoms with Crippen molar-refractivity contribution in [2.24, 2.45) is 11.8 Å². The molecule has 104 valence electrons. The molecule has 2 unspecified atom stereocenters. The third-order valence-corrected chi connectivity index (χ3v) is 3.64. The zero-order valence-electron chi connectivity index (χ0n) is 11.3. The van der Waals surface area contributed by atoms with Gasteiger partial charge in [-0.05, 0) is 24.6 Å². The van der Waals surface area contributed by atoms with E-state index in [0.29, 0.717) is 5.92 Å². The largest absolute Gasteiger partial charge is 0.324 e. The van der Waals surface area contributed by atoms with Crippen LogP contribution in [-0.4, -0.2) is 33.5 Å². The van der Waals surface area contributed by atoms with Crippen molar-refractivity contribution in [2.75, 3.05) is 18.4 Å². The average molecular weight is 271 g/mol. The molecule has 20 heavy (non-hydrogen) atoms. The van der Waals surface area contributed by atoms with Crippen LogP contribution in [0.2, 0.25) is 0 Å². The highest BCUT2D eigenvalue weighted by Crippen LogP contribution is 2.18. The topological polar surface area (TPSA) is 71.8 Å². The van der Waals surface area contributed by atoms with Crippen molar-refractivity contribution in [1.82, 2.24) is 19.9 Å². The lowest BCUT2D eigenvalue weighted by Crippen LogP contribution is -2.27. The highest BCUT2D eigenvalue weighted by molar-refractivity contribution is 5.93. The molecule has 2 aromatic rings. The van der Waals surface area contributed by atoms with E-state index in [2.05, 4.69) is 27.5 Å². The van der Waals surface area contributed by atoms with E-state index in [-0.39, 0.29) is 11.8 Å². The molecule has 0 aliphatic carbocycles. The van der Waals surface area contributed by atoms with E-state index in [1.54, 1.807) is 18.7 Å². The van der Waals surface area contributed by atoms with Gasteiger partial charge in [-0.2, -0.15) is 0 Å². The first-order valence-corrected chi connectivity index (χ1v) is 6.70. The summed E-state index contributed by atoms with van der Waals surface area (Å²) in [5.74, 6) is 1.23. The Morgan fingerprint density at radius 3 is 2.95 bits per heavy atom. The molecule has 2 atom stereocenters. The lowest BCUT2D eigenvalue weighted by molar-refractivity contribution is -0.120. The molecule has 2 N–H and O–H groups in total. The summed E-state index contributed by atoms with van der Waals surface area (Å²) in [5, 5.41) is 6.15. The molecule has 6 nitrogen and oxygen atoms in total. The van der Waals surface area contributed by atoms with Crippen molar-refractivity contribution < 1.29 is 4.79 Å². The van der Waals surface area contributed by atoms with E-state index in [1.165, 1.54) is 0 Å². The van der Waals surface area contributed by atoms with E-state index in [4.69, 9.17) is 0 Å². The van der Waals surface area contributed by atoms with E-state index in [1.807, 2.05) is 22.9 Å². The fourth-order valence-electron chi connectivity index (χ4n) is 2.40. The zero-order valence-corrected chi connectivity index (χ0v) is 11.3. The van der Waals surface area contributed by atoms with Gasteiger partial charge in [-0.3, -0.25) is 9.36 Å². The molecule has 3 heterocycles. The van der Waals surface area contributed by atoms with Crippen LogP contribution in [0.1, 0.15) is 6.92 Å². The quantitative estimate of drug-likeness (QED) is 0.875. The Hall–Kier alpha value is -2.21. The highest BCUT2D eigenvalue weighted by atomic mass is 16.1. The van der Waals surface area contributed by atoms with Gasteiger partial charge in [0.2, 0.25) is 5.91 Å². The van der Waals surface area contributed by atoms with E-state index in [9.17, 15) is 4.79 Å². The first kappa shape index (κ1) is 12.8. The van der Waals surface area contributed by atoms with Crippen molar-refractivity contribution in [3.8, 4) is 5.82 Å². The summed E-state index contributed by atoms with van der Waals surface area (Å²) in [6.45, 7) is 3.73. The molecule has 1 aliphatic heterocycles. The van der Waals surface area contributed by atoms with Crippen molar-refractivity contribution >= 4 is 11.6 Å². The van der Waals surface area contributed by atoms with Gasteiger partial charge in [-0.25, -0.2) is 9.97 Å². The number of carbonyl (C=O) groups excluding carboxylic acids is 1. The number of pyridine rings is 1. The molecule has 2 aromatic heterocycles. The Bertz CT molecular complexity index is 578. The second-order valence-electron chi connectivity index (χ2n) is 5.11. The maximum absolute atomic E-state index is 12.1. The van der Waals surface area contributed by atoms with Crippen LogP contribution in [-0.2, 0) is 4.79 Å². The zero-order chi connectivity index (χ0) is 13.9. The first-order valence-electron chi connectivity index (χ1n) is 6.70. The smallest absolute Gasteiger partial charge is 0.229 e. The van der Waals surface area contributed by atoms with Crippen LogP contribution in [0.5, 0.6) is 0 Å². The van der Waals surface area contributed by atoms with Crippen molar-refractivity contribution in [3.05, 3.63) is 37.1 Å². The Morgan fingerprint density at radius 1 is 1.45 bits per heavy atom. The maximum atomic E-state index is 12.1. The third kappa shape index (κ3) is 2.55. The molecule has 0 radical (unpaired) electrons. The van der Waals surface area contributed by atoms with Crippen LogP contribution < -0.4 is 10.6 Å². The van der Waals surface area contributed by atoms with Crippen LogP contribution in [0.25, 0.3) is 5.82 Å². The summed E-state index contributed by atoms with van der Waals surface area (Å²) in [6.07, 6.45) is 6.88. The molecule has 1 fully saturated rings. The van der Waals surface area contributed by atoms with Gasteiger partial charge in [-0.1, -0.05) is 6.92 Å². The van der Waals surface area contributed by atoms with Crippen LogP contribution in [0.3, 0.4) is 0 Å². The summed E-state index contributed by atoms with van der Waals surface area (Å²) in [4.78, 5) is 20.4. The Morgan fingerprint density at radius 2 is 2.35 bits per heavy atom. The van der Waals surface area contributed by atoms with Crippen molar-refractivity contribution in [1.29, 1.82) is 0 Å². The molecule has 0 saturated carbocycles. The number of nitrogens with one attached hydrogen (secondary N) is 2. The molecule has 6 heteroatoms. The molecule has 1 amide bonds. The number of hydrogen-bond donors (Lipinski definition) is 2. The molecule has 0 spiro atoms. The maximum Gasteiger partial charge on any atom is 0.229 e. The minimum atomic E-state index is 0.0309. The number of rotatable bonds is 3. The number of anilines is 1. The molecule has 1 saturated heterocycles. The highest BCUT2D eigenvalue weighted by Gasteiger charge is 2.29. The van der Waals surface area contributed by atoms with Crippen LogP contribution in [0, 0.1) is 11.8 Å². The Balaban J connectivity index is 1.68. The predicted octanol–water partition coefficient (Wildman–Crippen LogP) is 1.06. The Labute approximate surface area is 117 Å². The minimum absolute atomic E-state index is 0.0309. The molecule has 1 aliphatic rings. The van der Waals surface area contributed by atoms with Gasteiger partial charge in [0, 0.05) is 18.9 Å². The second-order valence-corrected chi connectivity index (χ2v) is 5.11. The number of aromatic nitrogens is 3. The standard InChI is InChI=1S/C14H17N5O/c1-10-6-16-8-12(10)14(20)18-11-2-3-13(17-7-11)19-5-4-15-9-19/h2-5,7,9-10,12,16H,6,8H2,1H3,(H,18,20). The number of amides is 1. The van der Waals surface area contributed by atoms with Gasteiger partial charge >= 0.3 is 0 Å². The number of imidazole rings is 1. The minimum Gasteiger partial charge on any atom is -0.324 e. The van der Waals surface area contributed by atoms with Gasteiger partial charge < -0.3 is 10.6 Å². The summed E-state index contributed by atoms with van der Waals surface area (Å²) in [7, 11) is 0. The fourth-order valence-corrected chi connectivity index (χ4v) is 2.40. The molecular weight excluding hydrogens is 254 g/mol. The van der Waals surface area contributed by atoms with Crippen LogP contribution >= 0.6 is 0 Å². The lowest BCUT2D eigenvalue weighted by Gasteiger charge is -2.14. The summed E-state index contributed by atoms with van der Waals surface area (Å²) in [6, 6.07) is 3.71. The summed E-state index contributed by atoms with van der Waals surface area (Å²) in [5.41, 5.74) is 0.720. The van der Waals surface area contributed by atoms with E-state index in [0.717, 1.165) is 24.6 Å². The van der Waals surface area contributed by atoms with Crippen LogP contribution in [0.4, 0.5) is 5.69 Å². The lowest BCUT2D eigenvalue weighted by atomic mass is 9.97. The SMILES string of the molecule is CC1CNCC1C(=O)Nc1ccc(-n2ccnc2)nc1. The molecule has 0 aromatic carbocycles. The normalized spacial score (nSPS) is 21.9. The summed E-state index contributed by atoms with van der Waals surface area (Å²) >= 11 is 0. The van der Waals surface area contributed by atoms with E-state index < -0.39 is 0 Å². The molecule has 0 bridgehead atoms. The number of nitrogens with zero attached hydrogens (tertiary/aromatic N) is 3. The van der Waals surface area contributed by atoms with Gasteiger partial charge in [0.25, 0.3) is 0 Å². The number of carbonyl (C=O) groups is 1. The van der Waals surface area contributed by atoms with Gasteiger partial charge in [0.1, 0.15) is 12.1 Å². The average Bonchev–Trinajstić information content (AvgIpc) is 3.10. The fraction of sp³-hybridized carbons (Fsp3) is 0.357. The predicted molar refractivity (Wildman–Crippen MR) is 75.5 cm³/mol. The molecule has 3 rings (SSSR count). The molecular formula is C14H17N5O. The monoisotopic (exact) mass is 271 g/mol. The van der Waals surface area contributed by atoms with Gasteiger partial charge in [0.15, 0.2) is 0 Å². The van der Waals surface area contributed by atoms with Crippen molar-refractivity contribution in [2.45, 2.75) is 6.92 Å². The summed E-state index contributed by atoms with van der Waals surface area (Å²) < 4.78 is 1.81. The third-order valence-electron chi connectivity index (χ3n) is 3.64. The Kier molecular flexibility index (Phi) is 3.47. The van der Waals surface area contributed by atoms with Gasteiger partial charge in [0.05, 0.1) is 17.8 Å². The second kappa shape index (κ2) is 5.42. The van der Waals surface area contributed by atoms with E-state index >= 15 is 0 Å². The van der Waals surface area contributed by atoms with Gasteiger partial charge in [-0.15, -0.1) is 0 Å².